The fourth-order valence-electron chi connectivity index (χ4n) is 2.73. The third-order valence-corrected chi connectivity index (χ3v) is 4.96. The van der Waals surface area contributed by atoms with Gasteiger partial charge in [0.25, 0.3) is 0 Å². The Balaban J connectivity index is 1.26. The first kappa shape index (κ1) is 21.6. The fourth-order valence-corrected chi connectivity index (χ4v) is 3.37. The highest BCUT2D eigenvalue weighted by molar-refractivity contribution is 7.98. The van der Waals surface area contributed by atoms with Gasteiger partial charge in [-0.3, -0.25) is 9.89 Å². The highest BCUT2D eigenvalue weighted by Crippen LogP contribution is 2.22. The topological polar surface area (TPSA) is 110 Å². The Morgan fingerprint density at radius 1 is 1.06 bits per heavy atom. The van der Waals surface area contributed by atoms with Crippen molar-refractivity contribution in [2.45, 2.75) is 23.8 Å². The molecule has 4 rings (SSSR count). The molecule has 0 aliphatic heterocycles. The van der Waals surface area contributed by atoms with Crippen LogP contribution in [0.1, 0.15) is 18.1 Å². The molecule has 2 aromatic heterocycles. The zero-order valence-corrected chi connectivity index (χ0v) is 17.1. The van der Waals surface area contributed by atoms with Crippen LogP contribution >= 0.6 is 11.8 Å². The summed E-state index contributed by atoms with van der Waals surface area (Å²) in [5, 5.41) is 13.5. The van der Waals surface area contributed by atoms with Gasteiger partial charge in [0, 0.05) is 30.2 Å². The van der Waals surface area contributed by atoms with Crippen molar-refractivity contribution in [2.24, 2.45) is 0 Å². The van der Waals surface area contributed by atoms with Crippen molar-refractivity contribution in [1.29, 1.82) is 0 Å². The van der Waals surface area contributed by atoms with E-state index in [2.05, 4.69) is 30.6 Å². The average molecular weight is 460 g/mol. The van der Waals surface area contributed by atoms with Crippen LogP contribution in [0.25, 0.3) is 11.4 Å². The Bertz CT molecular complexity index is 1230. The van der Waals surface area contributed by atoms with Crippen molar-refractivity contribution >= 4 is 23.4 Å². The minimum Gasteiger partial charge on any atom is -0.339 e. The molecule has 0 bridgehead atoms. The lowest BCUT2D eigenvalue weighted by molar-refractivity contribution is -0.116. The summed E-state index contributed by atoms with van der Waals surface area (Å²) in [5.41, 5.74) is 0.602. The van der Waals surface area contributed by atoms with Crippen molar-refractivity contribution in [3.8, 4) is 11.4 Å². The number of hydrogen-bond acceptors (Lipinski definition) is 7. The van der Waals surface area contributed by atoms with Crippen LogP contribution in [-0.4, -0.2) is 31.2 Å². The summed E-state index contributed by atoms with van der Waals surface area (Å²) in [4.78, 5) is 20.5. The maximum Gasteiger partial charge on any atom is 0.227 e. The summed E-state index contributed by atoms with van der Waals surface area (Å²) in [6, 6.07) is 8.74. The quantitative estimate of drug-likeness (QED) is 0.381. The number of hydrogen-bond donors (Lipinski definition) is 2. The van der Waals surface area contributed by atoms with E-state index in [0.29, 0.717) is 34.2 Å². The van der Waals surface area contributed by atoms with Crippen LogP contribution in [0.5, 0.6) is 0 Å². The third-order valence-electron chi connectivity index (χ3n) is 4.12. The van der Waals surface area contributed by atoms with E-state index in [0.717, 1.165) is 12.1 Å². The summed E-state index contributed by atoms with van der Waals surface area (Å²) in [5.74, 6) is -1.00. The van der Waals surface area contributed by atoms with E-state index < -0.39 is 17.5 Å². The van der Waals surface area contributed by atoms with E-state index in [1.165, 1.54) is 23.9 Å². The first-order valence-electron chi connectivity index (χ1n) is 9.33. The number of carbonyl (C=O) groups excluding carboxylic acids is 1. The smallest absolute Gasteiger partial charge is 0.227 e. The molecule has 0 atom stereocenters. The number of rotatable bonds is 8. The molecule has 0 saturated carbocycles. The second-order valence-corrected chi connectivity index (χ2v) is 7.52. The molecule has 0 radical (unpaired) electrons. The third kappa shape index (κ3) is 5.72. The van der Waals surface area contributed by atoms with Gasteiger partial charge in [-0.05, 0) is 24.3 Å². The lowest BCUT2D eigenvalue weighted by Crippen LogP contribution is -2.12. The number of nitrogens with zero attached hydrogens (tertiary/aromatic N) is 4. The SMILES string of the molecule is O=C(CCc1nc(CSc2n[nH]c(-c3cccc(F)c3)n2)no1)Nc1cc(F)cc(F)c1. The Morgan fingerprint density at radius 2 is 1.88 bits per heavy atom. The largest absolute Gasteiger partial charge is 0.339 e. The molecule has 4 aromatic rings. The summed E-state index contributed by atoms with van der Waals surface area (Å²) >= 11 is 1.25. The van der Waals surface area contributed by atoms with Crippen LogP contribution in [0.3, 0.4) is 0 Å². The number of aryl methyl sites for hydroxylation is 1. The zero-order valence-electron chi connectivity index (χ0n) is 16.3. The molecular weight excluding hydrogens is 445 g/mol. The van der Waals surface area contributed by atoms with E-state index in [1.807, 2.05) is 0 Å². The molecule has 0 saturated heterocycles. The summed E-state index contributed by atoms with van der Waals surface area (Å²) in [6.07, 6.45) is 0.149. The number of benzene rings is 2. The molecule has 164 valence electrons. The minimum atomic E-state index is -0.784. The Morgan fingerprint density at radius 3 is 2.66 bits per heavy atom. The van der Waals surface area contributed by atoms with Crippen LogP contribution in [0.4, 0.5) is 18.9 Å². The number of nitrogens with one attached hydrogen (secondary N) is 2. The first-order valence-corrected chi connectivity index (χ1v) is 10.3. The number of amides is 1. The first-order chi connectivity index (χ1) is 15.4. The molecule has 0 spiro atoms. The van der Waals surface area contributed by atoms with Gasteiger partial charge in [0.2, 0.25) is 17.0 Å². The van der Waals surface area contributed by atoms with Gasteiger partial charge < -0.3 is 9.84 Å². The molecule has 0 aliphatic rings. The van der Waals surface area contributed by atoms with E-state index in [1.54, 1.807) is 12.1 Å². The molecule has 2 heterocycles. The number of anilines is 1. The van der Waals surface area contributed by atoms with Crippen LogP contribution < -0.4 is 5.32 Å². The van der Waals surface area contributed by atoms with E-state index in [9.17, 15) is 18.0 Å². The van der Waals surface area contributed by atoms with Gasteiger partial charge in [-0.15, -0.1) is 5.10 Å². The van der Waals surface area contributed by atoms with Crippen LogP contribution in [0.2, 0.25) is 0 Å². The van der Waals surface area contributed by atoms with Crippen molar-refractivity contribution in [3.05, 3.63) is 71.6 Å². The molecule has 2 aromatic carbocycles. The second kappa shape index (κ2) is 9.64. The Labute approximate surface area is 183 Å². The Hall–Kier alpha value is -3.67. The van der Waals surface area contributed by atoms with E-state index >= 15 is 0 Å². The van der Waals surface area contributed by atoms with Gasteiger partial charge in [-0.1, -0.05) is 29.1 Å². The number of carbonyl (C=O) groups is 1. The molecule has 12 heteroatoms. The molecule has 0 fully saturated rings. The number of aromatic amines is 1. The van der Waals surface area contributed by atoms with Crippen LogP contribution in [0.15, 0.2) is 52.1 Å². The van der Waals surface area contributed by atoms with Gasteiger partial charge in [0.05, 0.1) is 5.75 Å². The summed E-state index contributed by atoms with van der Waals surface area (Å²) in [6.45, 7) is 0. The van der Waals surface area contributed by atoms with Crippen molar-refractivity contribution in [1.82, 2.24) is 25.3 Å². The summed E-state index contributed by atoms with van der Waals surface area (Å²) < 4.78 is 44.8. The molecule has 32 heavy (non-hydrogen) atoms. The standard InChI is InChI=1S/C20H15F3N6O2S/c21-12-3-1-2-11(6-12)19-26-20(28-27-19)32-10-16-25-18(31-29-16)5-4-17(30)24-15-8-13(22)7-14(23)9-15/h1-3,6-9H,4-5,10H2,(H,24,30)(H,26,27,28). The lowest BCUT2D eigenvalue weighted by atomic mass is 10.2. The van der Waals surface area contributed by atoms with Gasteiger partial charge in [0.1, 0.15) is 17.5 Å². The van der Waals surface area contributed by atoms with Gasteiger partial charge in [0.15, 0.2) is 11.6 Å². The maximum atomic E-state index is 13.3. The van der Waals surface area contributed by atoms with Gasteiger partial charge in [-0.2, -0.15) is 4.98 Å². The lowest BCUT2D eigenvalue weighted by Gasteiger charge is -2.04. The zero-order chi connectivity index (χ0) is 22.5. The van der Waals surface area contributed by atoms with E-state index in [4.69, 9.17) is 4.52 Å². The van der Waals surface area contributed by atoms with Crippen molar-refractivity contribution < 1.29 is 22.5 Å². The predicted octanol–water partition coefficient (Wildman–Crippen LogP) is 4.14. The van der Waals surface area contributed by atoms with Gasteiger partial charge in [-0.25, -0.2) is 18.2 Å². The molecule has 2 N–H and O–H groups in total. The predicted molar refractivity (Wildman–Crippen MR) is 109 cm³/mol. The normalized spacial score (nSPS) is 11.0. The van der Waals surface area contributed by atoms with Gasteiger partial charge >= 0.3 is 0 Å². The number of H-pyrrole nitrogens is 1. The molecule has 8 nitrogen and oxygen atoms in total. The highest BCUT2D eigenvalue weighted by atomic mass is 32.2. The molecule has 0 unspecified atom stereocenters. The average Bonchev–Trinajstić information content (AvgIpc) is 3.39. The minimum absolute atomic E-state index is 0.00910. The number of thioether (sulfide) groups is 1. The van der Waals surface area contributed by atoms with Crippen molar-refractivity contribution in [3.63, 3.8) is 0 Å². The highest BCUT2D eigenvalue weighted by Gasteiger charge is 2.13. The molecule has 0 aliphatic carbocycles. The summed E-state index contributed by atoms with van der Waals surface area (Å²) in [7, 11) is 0. The fraction of sp³-hybridized carbons (Fsp3) is 0.150. The molecule has 1 amide bonds. The number of halogens is 3. The molecular formula is C20H15F3N6O2S. The second-order valence-electron chi connectivity index (χ2n) is 6.58. The Kier molecular flexibility index (Phi) is 6.50. The number of aromatic nitrogens is 5. The van der Waals surface area contributed by atoms with Crippen LogP contribution in [-0.2, 0) is 17.0 Å². The van der Waals surface area contributed by atoms with Crippen molar-refractivity contribution in [2.75, 3.05) is 5.32 Å². The maximum absolute atomic E-state index is 13.3. The monoisotopic (exact) mass is 460 g/mol. The van der Waals surface area contributed by atoms with E-state index in [-0.39, 0.29) is 30.2 Å². The van der Waals surface area contributed by atoms with Crippen LogP contribution in [0, 0.1) is 17.5 Å².